The lowest BCUT2D eigenvalue weighted by molar-refractivity contribution is 0.0819. The third-order valence-electron chi connectivity index (χ3n) is 3.19. The molecular weight excluding hydrogens is 244 g/mol. The molecule has 1 saturated heterocycles. The van der Waals surface area contributed by atoms with E-state index in [1.54, 1.807) is 0 Å². The molecule has 3 N–H and O–H groups in total. The maximum atomic E-state index is 7.45. The van der Waals surface area contributed by atoms with Crippen LogP contribution >= 0.6 is 0 Å². The van der Waals surface area contributed by atoms with Crippen LogP contribution in [0.5, 0.6) is 0 Å². The van der Waals surface area contributed by atoms with E-state index in [2.05, 4.69) is 22.1 Å². The highest BCUT2D eigenvalue weighted by molar-refractivity contribution is 5.82. The van der Waals surface area contributed by atoms with E-state index < -0.39 is 0 Å². The molecule has 0 bridgehead atoms. The van der Waals surface area contributed by atoms with Gasteiger partial charge in [-0.3, -0.25) is 5.41 Å². The molecule has 7 nitrogen and oxygen atoms in total. The number of aromatic nitrogens is 3. The van der Waals surface area contributed by atoms with Gasteiger partial charge in [0.05, 0.1) is 24.5 Å². The number of morpholine rings is 1. The van der Waals surface area contributed by atoms with Crippen LogP contribution in [-0.4, -0.2) is 46.8 Å². The number of ether oxygens (including phenoxy) is 1. The van der Waals surface area contributed by atoms with Gasteiger partial charge in [0.1, 0.15) is 11.9 Å². The van der Waals surface area contributed by atoms with E-state index in [-0.39, 0.29) is 11.9 Å². The van der Waals surface area contributed by atoms with Crippen LogP contribution in [0.2, 0.25) is 0 Å². The molecule has 0 aromatic carbocycles. The molecule has 1 aromatic heterocycles. The van der Waals surface area contributed by atoms with Gasteiger partial charge in [-0.05, 0) is 12.8 Å². The fourth-order valence-corrected chi connectivity index (χ4v) is 2.08. The zero-order chi connectivity index (χ0) is 13.8. The lowest BCUT2D eigenvalue weighted by atomic mass is 10.2. The quantitative estimate of drug-likeness (QED) is 0.592. The van der Waals surface area contributed by atoms with Crippen molar-refractivity contribution in [3.63, 3.8) is 0 Å². The van der Waals surface area contributed by atoms with Crippen LogP contribution in [0.4, 0.5) is 5.95 Å². The van der Waals surface area contributed by atoms with Gasteiger partial charge in [0, 0.05) is 6.54 Å². The van der Waals surface area contributed by atoms with Crippen molar-refractivity contribution in [3.8, 4) is 0 Å². The summed E-state index contributed by atoms with van der Waals surface area (Å²) in [6.07, 6.45) is 1.29. The summed E-state index contributed by atoms with van der Waals surface area (Å²) in [4.78, 5) is 6.54. The Balaban J connectivity index is 2.19. The van der Waals surface area contributed by atoms with Gasteiger partial charge in [-0.2, -0.15) is 5.10 Å². The summed E-state index contributed by atoms with van der Waals surface area (Å²) in [5.41, 5.74) is 7.42. The molecule has 1 atom stereocenters. The Morgan fingerprint density at radius 2 is 2.11 bits per heavy atom. The average molecular weight is 264 g/mol. The Hall–Kier alpha value is -1.76. The van der Waals surface area contributed by atoms with Gasteiger partial charge in [0.2, 0.25) is 5.95 Å². The molecule has 1 aliphatic rings. The predicted molar refractivity (Wildman–Crippen MR) is 72.5 cm³/mol. The lowest BCUT2D eigenvalue weighted by Gasteiger charge is -2.32. The molecule has 0 saturated carbocycles. The first kappa shape index (κ1) is 13.7. The molecular formula is C12H20N6O. The van der Waals surface area contributed by atoms with E-state index in [9.17, 15) is 0 Å². The van der Waals surface area contributed by atoms with E-state index in [0.717, 1.165) is 24.2 Å². The van der Waals surface area contributed by atoms with E-state index in [1.165, 1.54) is 0 Å². The Morgan fingerprint density at radius 1 is 1.37 bits per heavy atom. The molecule has 0 aliphatic carbocycles. The second-order valence-electron chi connectivity index (χ2n) is 4.47. The Labute approximate surface area is 112 Å². The van der Waals surface area contributed by atoms with Crippen molar-refractivity contribution >= 4 is 11.8 Å². The third-order valence-corrected chi connectivity index (χ3v) is 3.19. The monoisotopic (exact) mass is 264 g/mol. The maximum absolute atomic E-state index is 7.45. The van der Waals surface area contributed by atoms with Crippen LogP contribution < -0.4 is 10.6 Å². The fourth-order valence-electron chi connectivity index (χ4n) is 2.08. The number of aryl methyl sites for hydroxylation is 2. The van der Waals surface area contributed by atoms with E-state index in [0.29, 0.717) is 25.6 Å². The van der Waals surface area contributed by atoms with E-state index in [4.69, 9.17) is 15.9 Å². The Kier molecular flexibility index (Phi) is 4.26. The molecule has 0 amide bonds. The van der Waals surface area contributed by atoms with Crippen molar-refractivity contribution in [3.05, 3.63) is 11.4 Å². The summed E-state index contributed by atoms with van der Waals surface area (Å²) in [6, 6.07) is 0. The number of hydrogen-bond acceptors (Lipinski definition) is 6. The molecule has 7 heteroatoms. The minimum absolute atomic E-state index is 0.0403. The van der Waals surface area contributed by atoms with Crippen molar-refractivity contribution in [2.75, 3.05) is 24.6 Å². The van der Waals surface area contributed by atoms with Crippen molar-refractivity contribution < 1.29 is 4.74 Å². The third kappa shape index (κ3) is 2.98. The highest BCUT2D eigenvalue weighted by Crippen LogP contribution is 2.14. The summed E-state index contributed by atoms with van der Waals surface area (Å²) < 4.78 is 5.43. The molecule has 1 aromatic rings. The highest BCUT2D eigenvalue weighted by atomic mass is 16.5. The molecule has 104 valence electrons. The van der Waals surface area contributed by atoms with Gasteiger partial charge in [-0.15, -0.1) is 5.10 Å². The number of hydrogen-bond donors (Lipinski definition) is 2. The van der Waals surface area contributed by atoms with Crippen LogP contribution in [-0.2, 0) is 17.6 Å². The molecule has 19 heavy (non-hydrogen) atoms. The van der Waals surface area contributed by atoms with Crippen molar-refractivity contribution in [2.24, 2.45) is 5.73 Å². The van der Waals surface area contributed by atoms with E-state index >= 15 is 0 Å². The zero-order valence-electron chi connectivity index (χ0n) is 11.4. The van der Waals surface area contributed by atoms with Gasteiger partial charge < -0.3 is 15.4 Å². The topological polar surface area (TPSA) is 101 Å². The van der Waals surface area contributed by atoms with Gasteiger partial charge in [0.15, 0.2) is 0 Å². The highest BCUT2D eigenvalue weighted by Gasteiger charge is 2.25. The molecule has 1 fully saturated rings. The predicted octanol–water partition coefficient (Wildman–Crippen LogP) is 0.138. The van der Waals surface area contributed by atoms with E-state index in [1.807, 2.05) is 11.8 Å². The number of amidine groups is 1. The van der Waals surface area contributed by atoms with Crippen molar-refractivity contribution in [1.29, 1.82) is 5.41 Å². The van der Waals surface area contributed by atoms with Gasteiger partial charge in [-0.25, -0.2) is 4.98 Å². The van der Waals surface area contributed by atoms with Crippen LogP contribution in [0.3, 0.4) is 0 Å². The summed E-state index contributed by atoms with van der Waals surface area (Å²) in [5.74, 6) is 0.641. The molecule has 1 aliphatic heterocycles. The number of nitrogens with zero attached hydrogens (tertiary/aromatic N) is 4. The number of nitrogens with two attached hydrogens (primary N) is 1. The molecule has 2 heterocycles. The minimum atomic E-state index is -0.381. The first-order chi connectivity index (χ1) is 9.15. The van der Waals surface area contributed by atoms with Gasteiger partial charge >= 0.3 is 0 Å². The first-order valence-electron chi connectivity index (χ1n) is 6.58. The largest absolute Gasteiger partial charge is 0.385 e. The zero-order valence-corrected chi connectivity index (χ0v) is 11.4. The minimum Gasteiger partial charge on any atom is -0.385 e. The fraction of sp³-hybridized carbons (Fsp3) is 0.667. The summed E-state index contributed by atoms with van der Waals surface area (Å²) in [5, 5.41) is 15.9. The number of anilines is 1. The molecule has 0 radical (unpaired) electrons. The number of rotatable bonds is 4. The lowest BCUT2D eigenvalue weighted by Crippen LogP contribution is -2.48. The second kappa shape index (κ2) is 5.92. The maximum Gasteiger partial charge on any atom is 0.245 e. The standard InChI is InChI=1S/C12H20N6O/c1-3-8-9(4-2)16-17-12(15-8)18-5-6-19-10(7-18)11(13)14/h10H,3-7H2,1-2H3,(H3,13,14). The molecule has 0 spiro atoms. The van der Waals surface area contributed by atoms with Gasteiger partial charge in [0.25, 0.3) is 0 Å². The number of nitrogens with one attached hydrogen (secondary N) is 1. The molecule has 2 rings (SSSR count). The van der Waals surface area contributed by atoms with Crippen LogP contribution in [0.15, 0.2) is 0 Å². The summed E-state index contributed by atoms with van der Waals surface area (Å²) in [6.45, 7) is 5.83. The van der Waals surface area contributed by atoms with Crippen LogP contribution in [0, 0.1) is 5.41 Å². The first-order valence-corrected chi connectivity index (χ1v) is 6.58. The Bertz CT molecular complexity index is 464. The molecule has 1 unspecified atom stereocenters. The van der Waals surface area contributed by atoms with Crippen LogP contribution in [0.25, 0.3) is 0 Å². The van der Waals surface area contributed by atoms with Gasteiger partial charge in [-0.1, -0.05) is 13.8 Å². The summed E-state index contributed by atoms with van der Waals surface area (Å²) >= 11 is 0. The SMILES string of the molecule is CCc1nnc(N2CCOC(C(=N)N)C2)nc1CC. The van der Waals surface area contributed by atoms with Crippen LogP contribution in [0.1, 0.15) is 25.2 Å². The Morgan fingerprint density at radius 3 is 2.74 bits per heavy atom. The van der Waals surface area contributed by atoms with Crippen molar-refractivity contribution in [2.45, 2.75) is 32.8 Å². The second-order valence-corrected chi connectivity index (χ2v) is 4.47. The smallest absolute Gasteiger partial charge is 0.245 e. The summed E-state index contributed by atoms with van der Waals surface area (Å²) in [7, 11) is 0. The van der Waals surface area contributed by atoms with Crippen molar-refractivity contribution in [1.82, 2.24) is 15.2 Å². The normalized spacial score (nSPS) is 19.5. The average Bonchev–Trinajstić information content (AvgIpc) is 2.46.